The minimum atomic E-state index is -0.0850. The molecule has 1 aromatic heterocycles. The van der Waals surface area contributed by atoms with Gasteiger partial charge in [0.1, 0.15) is 5.75 Å². The van der Waals surface area contributed by atoms with Gasteiger partial charge in [-0.25, -0.2) is 0 Å². The molecule has 2 aromatic carbocycles. The minimum absolute atomic E-state index is 0.0574. The normalized spacial score (nSPS) is 16.4. The highest BCUT2D eigenvalue weighted by molar-refractivity contribution is 6.06. The van der Waals surface area contributed by atoms with E-state index in [1.807, 2.05) is 30.3 Å². The van der Waals surface area contributed by atoms with E-state index in [2.05, 4.69) is 30.0 Å². The Bertz CT molecular complexity index is 1110. The van der Waals surface area contributed by atoms with Gasteiger partial charge in [0.15, 0.2) is 0 Å². The van der Waals surface area contributed by atoms with Gasteiger partial charge < -0.3 is 14.7 Å². The number of para-hydroxylation sites is 2. The van der Waals surface area contributed by atoms with Crippen molar-refractivity contribution >= 4 is 16.8 Å². The Labute approximate surface area is 189 Å². The van der Waals surface area contributed by atoms with Crippen LogP contribution < -0.4 is 4.74 Å². The van der Waals surface area contributed by atoms with Gasteiger partial charge in [0.2, 0.25) is 0 Å². The smallest absolute Gasteiger partial charge is 0.254 e. The van der Waals surface area contributed by atoms with Crippen LogP contribution in [0.1, 0.15) is 39.5 Å². The van der Waals surface area contributed by atoms with E-state index in [-0.39, 0.29) is 18.4 Å². The van der Waals surface area contributed by atoms with E-state index in [4.69, 9.17) is 9.72 Å². The number of aryl methyl sites for hydroxylation is 1. The third-order valence-electron chi connectivity index (χ3n) is 6.33. The number of aromatic nitrogens is 1. The zero-order chi connectivity index (χ0) is 22.7. The second-order valence-electron chi connectivity index (χ2n) is 8.55. The molecular formula is C26H31N3O3. The molecule has 1 atom stereocenters. The first-order valence-electron chi connectivity index (χ1n) is 11.1. The lowest BCUT2D eigenvalue weighted by molar-refractivity contribution is 0.0768. The van der Waals surface area contributed by atoms with Crippen molar-refractivity contribution in [3.63, 3.8) is 0 Å². The third kappa shape index (κ3) is 4.47. The van der Waals surface area contributed by atoms with E-state index in [0.29, 0.717) is 12.1 Å². The highest BCUT2D eigenvalue weighted by atomic mass is 16.5. The lowest BCUT2D eigenvalue weighted by atomic mass is 9.99. The zero-order valence-corrected chi connectivity index (χ0v) is 19.0. The summed E-state index contributed by atoms with van der Waals surface area (Å²) in [5.74, 6) is 1.14. The number of pyridine rings is 1. The number of aliphatic hydroxyl groups is 1. The third-order valence-corrected chi connectivity index (χ3v) is 6.33. The van der Waals surface area contributed by atoms with Gasteiger partial charge in [-0.1, -0.05) is 36.4 Å². The average Bonchev–Trinajstić information content (AvgIpc) is 3.27. The number of benzene rings is 2. The number of nitrogens with zero attached hydrogens (tertiary/aromatic N) is 3. The van der Waals surface area contributed by atoms with Gasteiger partial charge >= 0.3 is 0 Å². The van der Waals surface area contributed by atoms with Crippen molar-refractivity contribution in [3.05, 3.63) is 70.9 Å². The van der Waals surface area contributed by atoms with Gasteiger partial charge in [-0.15, -0.1) is 0 Å². The fourth-order valence-electron chi connectivity index (χ4n) is 4.63. The van der Waals surface area contributed by atoms with Crippen molar-refractivity contribution in [1.82, 2.24) is 14.8 Å². The molecule has 1 amide bonds. The van der Waals surface area contributed by atoms with Crippen LogP contribution in [0.5, 0.6) is 5.75 Å². The first-order chi connectivity index (χ1) is 15.5. The van der Waals surface area contributed by atoms with Crippen molar-refractivity contribution in [3.8, 4) is 5.75 Å². The number of hydrogen-bond donors (Lipinski definition) is 1. The molecule has 4 rings (SSSR count). The number of rotatable bonds is 7. The van der Waals surface area contributed by atoms with E-state index in [0.717, 1.165) is 54.0 Å². The molecule has 6 heteroatoms. The second kappa shape index (κ2) is 9.67. The highest BCUT2D eigenvalue weighted by Gasteiger charge is 2.27. The summed E-state index contributed by atoms with van der Waals surface area (Å²) in [6.45, 7) is 5.02. The van der Waals surface area contributed by atoms with E-state index >= 15 is 0 Å². The molecule has 0 aliphatic carbocycles. The van der Waals surface area contributed by atoms with Crippen LogP contribution >= 0.6 is 0 Å². The Morgan fingerprint density at radius 3 is 2.84 bits per heavy atom. The quantitative estimate of drug-likeness (QED) is 0.617. The fourth-order valence-corrected chi connectivity index (χ4v) is 4.63. The predicted octanol–water partition coefficient (Wildman–Crippen LogP) is 3.61. The molecule has 1 fully saturated rings. The molecule has 6 nitrogen and oxygen atoms in total. The summed E-state index contributed by atoms with van der Waals surface area (Å²) in [6.07, 6.45) is 1.000. The summed E-state index contributed by atoms with van der Waals surface area (Å²) in [5.41, 5.74) is 4.79. The van der Waals surface area contributed by atoms with E-state index in [1.54, 1.807) is 19.1 Å². The van der Waals surface area contributed by atoms with Gasteiger partial charge in [-0.3, -0.25) is 14.7 Å². The van der Waals surface area contributed by atoms with Crippen LogP contribution in [0.4, 0.5) is 0 Å². The molecule has 0 saturated carbocycles. The van der Waals surface area contributed by atoms with Crippen LogP contribution in [-0.2, 0) is 6.54 Å². The van der Waals surface area contributed by atoms with Crippen molar-refractivity contribution in [2.45, 2.75) is 25.8 Å². The Kier molecular flexibility index (Phi) is 6.72. The van der Waals surface area contributed by atoms with Crippen LogP contribution in [0, 0.1) is 6.92 Å². The van der Waals surface area contributed by atoms with E-state index in [9.17, 15) is 9.90 Å². The molecule has 168 valence electrons. The number of fused-ring (bicyclic) bond motifs is 1. The number of hydrogen-bond acceptors (Lipinski definition) is 5. The summed E-state index contributed by atoms with van der Waals surface area (Å²) < 4.78 is 5.63. The maximum atomic E-state index is 13.1. The van der Waals surface area contributed by atoms with Crippen LogP contribution in [0.15, 0.2) is 48.5 Å². The van der Waals surface area contributed by atoms with Gasteiger partial charge in [0, 0.05) is 49.2 Å². The molecular weight excluding hydrogens is 402 g/mol. The summed E-state index contributed by atoms with van der Waals surface area (Å²) in [5, 5.41) is 10.1. The van der Waals surface area contributed by atoms with Gasteiger partial charge in [0.05, 0.1) is 24.8 Å². The van der Waals surface area contributed by atoms with Crippen molar-refractivity contribution in [1.29, 1.82) is 0 Å². The maximum absolute atomic E-state index is 13.1. The Morgan fingerprint density at radius 2 is 2.06 bits per heavy atom. The number of carbonyl (C=O) groups is 1. The zero-order valence-electron chi connectivity index (χ0n) is 19.0. The van der Waals surface area contributed by atoms with Crippen LogP contribution in [0.3, 0.4) is 0 Å². The Balaban J connectivity index is 1.59. The number of aliphatic hydroxyl groups excluding tert-OH is 1. The largest absolute Gasteiger partial charge is 0.496 e. The molecule has 0 radical (unpaired) electrons. The van der Waals surface area contributed by atoms with Crippen LogP contribution in [0.2, 0.25) is 0 Å². The second-order valence-corrected chi connectivity index (χ2v) is 8.55. The van der Waals surface area contributed by atoms with Gasteiger partial charge in [-0.2, -0.15) is 0 Å². The van der Waals surface area contributed by atoms with Gasteiger partial charge in [-0.05, 0) is 37.6 Å². The monoisotopic (exact) mass is 433 g/mol. The number of ether oxygens (including phenoxy) is 1. The summed E-state index contributed by atoms with van der Waals surface area (Å²) in [4.78, 5) is 22.0. The number of carbonyl (C=O) groups excluding carboxylic acids is 1. The highest BCUT2D eigenvalue weighted by Crippen LogP contribution is 2.32. The Morgan fingerprint density at radius 1 is 1.25 bits per heavy atom. The molecule has 32 heavy (non-hydrogen) atoms. The first kappa shape index (κ1) is 22.2. The molecule has 3 aromatic rings. The molecule has 1 saturated heterocycles. The number of likely N-dealkylation sites (tertiary alicyclic amines) is 1. The SMILES string of the molecule is COc1c(C)cccc1CN1CCC(c2cc(C(=O)N(C)CCO)c3ccccc3n2)C1. The lowest BCUT2D eigenvalue weighted by Gasteiger charge is -2.20. The summed E-state index contributed by atoms with van der Waals surface area (Å²) >= 11 is 0. The maximum Gasteiger partial charge on any atom is 0.254 e. The summed E-state index contributed by atoms with van der Waals surface area (Å²) in [7, 11) is 3.45. The molecule has 2 heterocycles. The first-order valence-corrected chi connectivity index (χ1v) is 11.1. The van der Waals surface area contributed by atoms with E-state index in [1.165, 1.54) is 5.56 Å². The number of methoxy groups -OCH3 is 1. The topological polar surface area (TPSA) is 65.9 Å². The fraction of sp³-hybridized carbons (Fsp3) is 0.385. The van der Waals surface area contributed by atoms with E-state index < -0.39 is 0 Å². The molecule has 0 spiro atoms. The van der Waals surface area contributed by atoms with Crippen molar-refractivity contribution in [2.75, 3.05) is 40.4 Å². The number of amides is 1. The van der Waals surface area contributed by atoms with Crippen molar-refractivity contribution < 1.29 is 14.6 Å². The summed E-state index contributed by atoms with van der Waals surface area (Å²) in [6, 6.07) is 16.0. The lowest BCUT2D eigenvalue weighted by Crippen LogP contribution is -2.30. The van der Waals surface area contributed by atoms with Crippen molar-refractivity contribution in [2.24, 2.45) is 0 Å². The molecule has 1 unspecified atom stereocenters. The molecule has 1 N–H and O–H groups in total. The average molecular weight is 434 g/mol. The van der Waals surface area contributed by atoms with Crippen LogP contribution in [0.25, 0.3) is 10.9 Å². The van der Waals surface area contributed by atoms with Gasteiger partial charge in [0.25, 0.3) is 5.91 Å². The minimum Gasteiger partial charge on any atom is -0.496 e. The molecule has 1 aliphatic heterocycles. The molecule has 0 bridgehead atoms. The standard InChI is InChI=1S/C26H31N3O3/c1-18-7-6-8-20(25(18)32-3)17-29-12-11-19(16-29)24-15-22(26(31)28(2)13-14-30)21-9-4-5-10-23(21)27-24/h4-10,15,19,30H,11-14,16-17H2,1-3H3. The van der Waals surface area contributed by atoms with Crippen LogP contribution in [-0.4, -0.2) is 66.2 Å². The predicted molar refractivity (Wildman–Crippen MR) is 126 cm³/mol. The molecule has 1 aliphatic rings. The number of likely N-dealkylation sites (N-methyl/N-ethyl adjacent to an activating group) is 1. The Hall–Kier alpha value is -2.96.